The summed E-state index contributed by atoms with van der Waals surface area (Å²) in [5.74, 6) is 0. The molecule has 4 rings (SSSR count). The van der Waals surface area contributed by atoms with Crippen molar-refractivity contribution in [1.29, 1.82) is 0 Å². The lowest BCUT2D eigenvalue weighted by atomic mass is 10.1. The van der Waals surface area contributed by atoms with E-state index in [1.807, 2.05) is 44.2 Å². The highest BCUT2D eigenvalue weighted by Crippen LogP contribution is 2.32. The van der Waals surface area contributed by atoms with Gasteiger partial charge in [0, 0.05) is 16.5 Å². The van der Waals surface area contributed by atoms with Crippen molar-refractivity contribution in [2.75, 3.05) is 0 Å². The van der Waals surface area contributed by atoms with Crippen molar-refractivity contribution in [2.24, 2.45) is 0 Å². The Morgan fingerprint density at radius 1 is 1.22 bits per heavy atom. The van der Waals surface area contributed by atoms with Gasteiger partial charge in [0.15, 0.2) is 0 Å². The molecule has 1 aromatic carbocycles. The third-order valence-corrected chi connectivity index (χ3v) is 4.19. The van der Waals surface area contributed by atoms with Crippen LogP contribution in [0.25, 0.3) is 22.3 Å². The van der Waals surface area contributed by atoms with Crippen molar-refractivity contribution in [1.82, 2.24) is 9.55 Å². The predicted molar refractivity (Wildman–Crippen MR) is 92.5 cm³/mol. The van der Waals surface area contributed by atoms with Gasteiger partial charge in [0.1, 0.15) is 0 Å². The van der Waals surface area contributed by atoms with E-state index in [0.29, 0.717) is 17.7 Å². The highest BCUT2D eigenvalue weighted by atomic mass is 16.3. The maximum Gasteiger partial charge on any atom is 0.254 e. The minimum atomic E-state index is -0.127. The zero-order valence-corrected chi connectivity index (χ0v) is 13.6. The van der Waals surface area contributed by atoms with Crippen molar-refractivity contribution in [3.8, 4) is 11.4 Å². The van der Waals surface area contributed by atoms with Gasteiger partial charge in [-0.2, -0.15) is 0 Å². The Balaban J connectivity index is 0.000000753. The summed E-state index contributed by atoms with van der Waals surface area (Å²) < 4.78 is 1.74. The van der Waals surface area contributed by atoms with Crippen molar-refractivity contribution < 1.29 is 5.11 Å². The topological polar surface area (TPSA) is 55.1 Å². The number of aliphatic hydroxyl groups is 1. The molecule has 118 valence electrons. The maximum atomic E-state index is 12.4. The molecule has 4 nitrogen and oxygen atoms in total. The molecule has 0 radical (unpaired) electrons. The van der Waals surface area contributed by atoms with Crippen molar-refractivity contribution in [2.45, 2.75) is 33.9 Å². The van der Waals surface area contributed by atoms with Crippen LogP contribution in [-0.4, -0.2) is 14.7 Å². The third kappa shape index (κ3) is 2.35. The first-order valence-corrected chi connectivity index (χ1v) is 7.92. The third-order valence-electron chi connectivity index (χ3n) is 4.19. The maximum absolute atomic E-state index is 12.4. The average Bonchev–Trinajstić information content (AvgIpc) is 2.95. The molecule has 2 aromatic heterocycles. The van der Waals surface area contributed by atoms with Gasteiger partial charge in [0.25, 0.3) is 5.56 Å². The van der Waals surface area contributed by atoms with Gasteiger partial charge in [-0.25, -0.2) is 4.98 Å². The normalized spacial score (nSPS) is 11.7. The molecule has 23 heavy (non-hydrogen) atoms. The Kier molecular flexibility index (Phi) is 4.01. The monoisotopic (exact) mass is 308 g/mol. The second kappa shape index (κ2) is 5.97. The summed E-state index contributed by atoms with van der Waals surface area (Å²) in [5.41, 5.74) is 4.87. The molecule has 0 aliphatic carbocycles. The molecule has 4 heteroatoms. The number of rotatable bonds is 1. The summed E-state index contributed by atoms with van der Waals surface area (Å²) in [6.07, 6.45) is 0. The van der Waals surface area contributed by atoms with Crippen LogP contribution in [0.5, 0.6) is 0 Å². The standard InChI is InChI=1S/C17H14N2O2.C2H6/c1-10-13(9-20)7-15-16-12(8-19(15)17(10)21)6-11-4-2-3-5-14(11)18-16;1-2/h2-7,20H,8-9H2,1H3;1-2H3. The summed E-state index contributed by atoms with van der Waals surface area (Å²) in [6, 6.07) is 11.9. The fourth-order valence-corrected chi connectivity index (χ4v) is 2.99. The molecule has 3 heterocycles. The molecule has 0 bridgehead atoms. The number of fused-ring (bicyclic) bond motifs is 4. The lowest BCUT2D eigenvalue weighted by molar-refractivity contribution is 0.280. The summed E-state index contributed by atoms with van der Waals surface area (Å²) in [6.45, 7) is 6.18. The fraction of sp³-hybridized carbons (Fsp3) is 0.263. The summed E-state index contributed by atoms with van der Waals surface area (Å²) in [4.78, 5) is 17.1. The molecule has 0 saturated heterocycles. The largest absolute Gasteiger partial charge is 0.392 e. The quantitative estimate of drug-likeness (QED) is 0.587. The fourth-order valence-electron chi connectivity index (χ4n) is 2.99. The summed E-state index contributed by atoms with van der Waals surface area (Å²) in [7, 11) is 0. The zero-order chi connectivity index (χ0) is 16.6. The predicted octanol–water partition coefficient (Wildman–Crippen LogP) is 3.25. The molecule has 1 aliphatic heterocycles. The highest BCUT2D eigenvalue weighted by Gasteiger charge is 2.23. The van der Waals surface area contributed by atoms with Crippen LogP contribution < -0.4 is 5.56 Å². The van der Waals surface area contributed by atoms with E-state index in [2.05, 4.69) is 6.07 Å². The van der Waals surface area contributed by atoms with E-state index in [4.69, 9.17) is 4.98 Å². The number of pyridine rings is 2. The van der Waals surface area contributed by atoms with E-state index in [-0.39, 0.29) is 12.2 Å². The van der Waals surface area contributed by atoms with Crippen LogP contribution in [0.4, 0.5) is 0 Å². The van der Waals surface area contributed by atoms with Crippen LogP contribution >= 0.6 is 0 Å². The number of aliphatic hydroxyl groups excluding tert-OH is 1. The molecule has 1 N–H and O–H groups in total. The minimum Gasteiger partial charge on any atom is -0.392 e. The second-order valence-electron chi connectivity index (χ2n) is 5.42. The molecule has 1 aliphatic rings. The van der Waals surface area contributed by atoms with Gasteiger partial charge in [-0.1, -0.05) is 32.0 Å². The lowest BCUT2D eigenvalue weighted by Crippen LogP contribution is -2.22. The highest BCUT2D eigenvalue weighted by molar-refractivity contribution is 5.83. The minimum absolute atomic E-state index is 0.0430. The first-order valence-electron chi connectivity index (χ1n) is 7.92. The van der Waals surface area contributed by atoms with E-state index in [1.165, 1.54) is 0 Å². The number of nitrogens with zero attached hydrogens (tertiary/aromatic N) is 2. The number of benzene rings is 1. The first kappa shape index (κ1) is 15.4. The van der Waals surface area contributed by atoms with Gasteiger partial charge >= 0.3 is 0 Å². The number of hydrogen-bond donors (Lipinski definition) is 1. The molecule has 0 atom stereocenters. The van der Waals surface area contributed by atoms with Crippen molar-refractivity contribution in [3.63, 3.8) is 0 Å². The smallest absolute Gasteiger partial charge is 0.254 e. The Morgan fingerprint density at radius 3 is 2.70 bits per heavy atom. The van der Waals surface area contributed by atoms with Gasteiger partial charge in [0.05, 0.1) is 30.1 Å². The Hall–Kier alpha value is -2.46. The molecule has 0 amide bonds. The van der Waals surface area contributed by atoms with E-state index in [1.54, 1.807) is 11.5 Å². The molecular formula is C19H20N2O2. The SMILES string of the molecule is CC.Cc1c(CO)cc2n(c1=O)Cc1cc3ccccc3nc1-2. The lowest BCUT2D eigenvalue weighted by Gasteiger charge is -2.08. The van der Waals surface area contributed by atoms with E-state index >= 15 is 0 Å². The van der Waals surface area contributed by atoms with Crippen LogP contribution in [0.2, 0.25) is 0 Å². The number of para-hydroxylation sites is 1. The van der Waals surface area contributed by atoms with Crippen LogP contribution in [0, 0.1) is 6.92 Å². The van der Waals surface area contributed by atoms with Crippen LogP contribution in [0.15, 0.2) is 41.2 Å². The average molecular weight is 308 g/mol. The Morgan fingerprint density at radius 2 is 1.96 bits per heavy atom. The van der Waals surface area contributed by atoms with E-state index in [0.717, 1.165) is 27.9 Å². The van der Waals surface area contributed by atoms with Gasteiger partial charge in [-0.3, -0.25) is 4.79 Å². The Labute approximate surface area is 135 Å². The number of hydrogen-bond acceptors (Lipinski definition) is 3. The molecule has 0 fully saturated rings. The van der Waals surface area contributed by atoms with Crippen molar-refractivity contribution >= 4 is 10.9 Å². The van der Waals surface area contributed by atoms with Gasteiger partial charge in [-0.15, -0.1) is 0 Å². The van der Waals surface area contributed by atoms with Crippen LogP contribution in [0.1, 0.15) is 30.5 Å². The van der Waals surface area contributed by atoms with Gasteiger partial charge in [0.2, 0.25) is 0 Å². The van der Waals surface area contributed by atoms with Crippen molar-refractivity contribution in [3.05, 3.63) is 63.4 Å². The molecular weight excluding hydrogens is 288 g/mol. The number of aromatic nitrogens is 2. The summed E-state index contributed by atoms with van der Waals surface area (Å²) >= 11 is 0. The molecule has 0 unspecified atom stereocenters. The Bertz CT molecular complexity index is 942. The van der Waals surface area contributed by atoms with Gasteiger partial charge < -0.3 is 9.67 Å². The zero-order valence-electron chi connectivity index (χ0n) is 13.6. The molecule has 3 aromatic rings. The van der Waals surface area contributed by atoms with Crippen LogP contribution in [0.3, 0.4) is 0 Å². The van der Waals surface area contributed by atoms with E-state index < -0.39 is 0 Å². The first-order chi connectivity index (χ1) is 11.2. The summed E-state index contributed by atoms with van der Waals surface area (Å²) in [5, 5.41) is 10.5. The van der Waals surface area contributed by atoms with Gasteiger partial charge in [-0.05, 0) is 30.7 Å². The van der Waals surface area contributed by atoms with Crippen LogP contribution in [-0.2, 0) is 13.2 Å². The molecule has 0 spiro atoms. The second-order valence-corrected chi connectivity index (χ2v) is 5.42. The molecule has 0 saturated carbocycles. The van der Waals surface area contributed by atoms with E-state index in [9.17, 15) is 9.90 Å².